The molecule has 2 rings (SSSR count). The van der Waals surface area contributed by atoms with E-state index in [9.17, 15) is 10.2 Å². The smallest absolute Gasteiger partial charge is 0.0669 e. The highest BCUT2D eigenvalue weighted by atomic mass is 16.3. The number of rotatable bonds is 4. The third-order valence-electron chi connectivity index (χ3n) is 4.11. The van der Waals surface area contributed by atoms with Crippen molar-refractivity contribution in [2.75, 3.05) is 19.6 Å². The molecule has 1 atom stereocenters. The van der Waals surface area contributed by atoms with Crippen molar-refractivity contribution in [1.29, 1.82) is 0 Å². The van der Waals surface area contributed by atoms with Crippen molar-refractivity contribution >= 4 is 0 Å². The monoisotopic (exact) mass is 227 g/mol. The molecule has 0 aromatic carbocycles. The first-order chi connectivity index (χ1) is 7.74. The highest BCUT2D eigenvalue weighted by Crippen LogP contribution is 2.28. The minimum absolute atomic E-state index is 0.108. The van der Waals surface area contributed by atoms with Crippen molar-refractivity contribution in [2.24, 2.45) is 5.92 Å². The van der Waals surface area contributed by atoms with Crippen LogP contribution in [0.2, 0.25) is 0 Å². The van der Waals surface area contributed by atoms with Gasteiger partial charge in [0.05, 0.1) is 12.2 Å². The maximum Gasteiger partial charge on any atom is 0.0669 e. The SMILES string of the molecule is OC1CCN(CC(O)CC2CCCC2)CC1. The molecule has 94 valence electrons. The average molecular weight is 227 g/mol. The highest BCUT2D eigenvalue weighted by molar-refractivity contribution is 4.76. The van der Waals surface area contributed by atoms with Gasteiger partial charge >= 0.3 is 0 Å². The Bertz CT molecular complexity index is 196. The van der Waals surface area contributed by atoms with Crippen LogP contribution >= 0.6 is 0 Å². The van der Waals surface area contributed by atoms with E-state index in [1.54, 1.807) is 0 Å². The second kappa shape index (κ2) is 5.99. The van der Waals surface area contributed by atoms with Gasteiger partial charge in [0.2, 0.25) is 0 Å². The Morgan fingerprint density at radius 1 is 1.06 bits per heavy atom. The molecule has 1 unspecified atom stereocenters. The lowest BCUT2D eigenvalue weighted by molar-refractivity contribution is 0.0433. The van der Waals surface area contributed by atoms with Gasteiger partial charge in [0, 0.05) is 19.6 Å². The van der Waals surface area contributed by atoms with Gasteiger partial charge in [0.25, 0.3) is 0 Å². The second-order valence-electron chi connectivity index (χ2n) is 5.57. The van der Waals surface area contributed by atoms with E-state index in [1.807, 2.05) is 0 Å². The summed E-state index contributed by atoms with van der Waals surface area (Å²) < 4.78 is 0. The minimum Gasteiger partial charge on any atom is -0.393 e. The number of piperidine rings is 1. The summed E-state index contributed by atoms with van der Waals surface area (Å²) in [5, 5.41) is 19.4. The molecule has 3 heteroatoms. The molecule has 2 fully saturated rings. The fraction of sp³-hybridized carbons (Fsp3) is 1.00. The van der Waals surface area contributed by atoms with Crippen molar-refractivity contribution in [1.82, 2.24) is 4.90 Å². The zero-order chi connectivity index (χ0) is 11.4. The first kappa shape index (κ1) is 12.3. The van der Waals surface area contributed by atoms with E-state index in [0.29, 0.717) is 0 Å². The Hall–Kier alpha value is -0.120. The van der Waals surface area contributed by atoms with Gasteiger partial charge in [-0.25, -0.2) is 0 Å². The molecular formula is C13H25NO2. The van der Waals surface area contributed by atoms with Crippen molar-refractivity contribution in [3.63, 3.8) is 0 Å². The predicted molar refractivity (Wildman–Crippen MR) is 64.3 cm³/mol. The summed E-state index contributed by atoms with van der Waals surface area (Å²) in [6.07, 6.45) is 7.80. The van der Waals surface area contributed by atoms with Crippen LogP contribution in [0, 0.1) is 5.92 Å². The van der Waals surface area contributed by atoms with Crippen molar-refractivity contribution in [3.05, 3.63) is 0 Å². The first-order valence-electron chi connectivity index (χ1n) is 6.82. The van der Waals surface area contributed by atoms with E-state index in [0.717, 1.165) is 44.8 Å². The lowest BCUT2D eigenvalue weighted by atomic mass is 9.99. The minimum atomic E-state index is -0.154. The number of aliphatic hydroxyl groups is 2. The molecule has 1 saturated heterocycles. The molecule has 0 radical (unpaired) electrons. The molecule has 1 aliphatic heterocycles. The molecule has 1 saturated carbocycles. The molecule has 0 aromatic heterocycles. The number of nitrogens with zero attached hydrogens (tertiary/aromatic N) is 1. The van der Waals surface area contributed by atoms with Crippen LogP contribution in [0.5, 0.6) is 0 Å². The Morgan fingerprint density at radius 2 is 1.69 bits per heavy atom. The van der Waals surface area contributed by atoms with Crippen molar-refractivity contribution in [2.45, 2.75) is 57.2 Å². The van der Waals surface area contributed by atoms with Crippen LogP contribution in [0.3, 0.4) is 0 Å². The summed E-state index contributed by atoms with van der Waals surface area (Å²) in [5.74, 6) is 0.769. The standard InChI is InChI=1S/C13H25NO2/c15-12-5-7-14(8-6-12)10-13(16)9-11-3-1-2-4-11/h11-13,15-16H,1-10H2. The van der Waals surface area contributed by atoms with Gasteiger partial charge in [0.15, 0.2) is 0 Å². The molecule has 1 aliphatic carbocycles. The maximum atomic E-state index is 10.0. The summed E-state index contributed by atoms with van der Waals surface area (Å²) in [6.45, 7) is 2.70. The van der Waals surface area contributed by atoms with Gasteiger partial charge in [0.1, 0.15) is 0 Å². The molecule has 0 amide bonds. The fourth-order valence-corrected chi connectivity index (χ4v) is 3.11. The van der Waals surface area contributed by atoms with Gasteiger partial charge in [-0.15, -0.1) is 0 Å². The van der Waals surface area contributed by atoms with E-state index in [1.165, 1.54) is 25.7 Å². The molecule has 16 heavy (non-hydrogen) atoms. The zero-order valence-electron chi connectivity index (χ0n) is 10.1. The molecule has 0 aromatic rings. The average Bonchev–Trinajstić information content (AvgIpc) is 2.74. The lowest BCUT2D eigenvalue weighted by Crippen LogP contribution is -2.40. The van der Waals surface area contributed by atoms with Crippen LogP contribution in [0.15, 0.2) is 0 Å². The Kier molecular flexibility index (Phi) is 4.62. The number of likely N-dealkylation sites (tertiary alicyclic amines) is 1. The van der Waals surface area contributed by atoms with Crippen LogP contribution in [0.25, 0.3) is 0 Å². The molecular weight excluding hydrogens is 202 g/mol. The maximum absolute atomic E-state index is 10.0. The van der Waals surface area contributed by atoms with Gasteiger partial charge < -0.3 is 15.1 Å². The van der Waals surface area contributed by atoms with Crippen LogP contribution in [0.1, 0.15) is 44.9 Å². The second-order valence-corrected chi connectivity index (χ2v) is 5.57. The van der Waals surface area contributed by atoms with Gasteiger partial charge in [-0.2, -0.15) is 0 Å². The number of hydrogen-bond donors (Lipinski definition) is 2. The van der Waals surface area contributed by atoms with Gasteiger partial charge in [-0.1, -0.05) is 25.7 Å². The quantitative estimate of drug-likeness (QED) is 0.762. The lowest BCUT2D eigenvalue weighted by Gasteiger charge is -2.31. The third-order valence-corrected chi connectivity index (χ3v) is 4.11. The zero-order valence-corrected chi connectivity index (χ0v) is 10.1. The Morgan fingerprint density at radius 3 is 2.31 bits per heavy atom. The van der Waals surface area contributed by atoms with Gasteiger partial charge in [-0.3, -0.25) is 0 Å². The van der Waals surface area contributed by atoms with Crippen molar-refractivity contribution < 1.29 is 10.2 Å². The predicted octanol–water partition coefficient (Wildman–Crippen LogP) is 1.38. The van der Waals surface area contributed by atoms with Crippen LogP contribution in [-0.4, -0.2) is 47.0 Å². The fourth-order valence-electron chi connectivity index (χ4n) is 3.11. The van der Waals surface area contributed by atoms with E-state index < -0.39 is 0 Å². The van der Waals surface area contributed by atoms with E-state index >= 15 is 0 Å². The summed E-state index contributed by atoms with van der Waals surface area (Å²) in [5.41, 5.74) is 0. The van der Waals surface area contributed by atoms with Gasteiger partial charge in [-0.05, 0) is 25.2 Å². The Balaban J connectivity index is 1.64. The molecule has 2 aliphatic rings. The van der Waals surface area contributed by atoms with E-state index in [4.69, 9.17) is 0 Å². The molecule has 0 bridgehead atoms. The van der Waals surface area contributed by atoms with Crippen LogP contribution in [0.4, 0.5) is 0 Å². The van der Waals surface area contributed by atoms with Crippen LogP contribution in [-0.2, 0) is 0 Å². The molecule has 3 nitrogen and oxygen atoms in total. The Labute approximate surface area is 98.5 Å². The largest absolute Gasteiger partial charge is 0.393 e. The van der Waals surface area contributed by atoms with Crippen molar-refractivity contribution in [3.8, 4) is 0 Å². The van der Waals surface area contributed by atoms with E-state index in [2.05, 4.69) is 4.90 Å². The van der Waals surface area contributed by atoms with Crippen LogP contribution < -0.4 is 0 Å². The first-order valence-corrected chi connectivity index (χ1v) is 6.82. The highest BCUT2D eigenvalue weighted by Gasteiger charge is 2.22. The number of β-amino-alcohol motifs (C(OH)–C–C–N with tert-alkyl or cyclic N) is 1. The summed E-state index contributed by atoms with van der Waals surface area (Å²) >= 11 is 0. The number of hydrogen-bond acceptors (Lipinski definition) is 3. The molecule has 0 spiro atoms. The normalized spacial score (nSPS) is 27.4. The molecule has 2 N–H and O–H groups in total. The summed E-state index contributed by atoms with van der Waals surface area (Å²) in [7, 11) is 0. The van der Waals surface area contributed by atoms with E-state index in [-0.39, 0.29) is 12.2 Å². The third kappa shape index (κ3) is 3.72. The topological polar surface area (TPSA) is 43.7 Å². The number of aliphatic hydroxyl groups excluding tert-OH is 2. The summed E-state index contributed by atoms with van der Waals surface area (Å²) in [4.78, 5) is 2.30. The molecule has 1 heterocycles. The summed E-state index contributed by atoms with van der Waals surface area (Å²) in [6, 6.07) is 0.